The molecule has 458 valence electrons. The standard InChI is InChI=1S/C51H96N16O13/c1-7-8-9-10-11-12-40(70)58-31(13-19-52)48(77)67-41(30(6)69)51(80)63-35(17-23-56)44(73)62-36-18-24-57-42(71)39(27-68)66-46(75)34(16-22-55)59-43(72)32(14-20-53)61-49(78)37(25-28(2)3)65-50(79)38(26-29(4)5)64-45(74)33(15-21-54)60-47(36)76/h28-39,41,68-69H,7-27,52-56H2,1-6H3,(H,57,71)(H,58,70)(H,59,72)(H,60,76)(H,61,78)(H,62,73)(H,63,80)(H,64,74)(H,65,79)(H,66,75)(H,67,77)/t30-,31+,32+,33+,34+,35+,36+,37+,38-,39+,41+/m1/s1. The third kappa shape index (κ3) is 26.9. The maximum absolute atomic E-state index is 14.4. The Labute approximate surface area is 469 Å². The Morgan fingerprint density at radius 3 is 1.38 bits per heavy atom. The van der Waals surface area contributed by atoms with Crippen LogP contribution in [0.3, 0.4) is 0 Å². The molecule has 0 spiro atoms. The number of unbranched alkanes of at least 4 members (excludes halogenated alkanes) is 4. The Morgan fingerprint density at radius 2 is 0.950 bits per heavy atom. The lowest BCUT2D eigenvalue weighted by Gasteiger charge is -2.29. The first-order valence-corrected chi connectivity index (χ1v) is 28.0. The van der Waals surface area contributed by atoms with E-state index in [1.807, 2.05) is 0 Å². The van der Waals surface area contributed by atoms with Gasteiger partial charge in [-0.2, -0.15) is 0 Å². The Morgan fingerprint density at radius 1 is 0.525 bits per heavy atom. The van der Waals surface area contributed by atoms with Gasteiger partial charge in [-0.1, -0.05) is 60.3 Å². The minimum Gasteiger partial charge on any atom is -0.394 e. The van der Waals surface area contributed by atoms with E-state index in [9.17, 15) is 63.0 Å². The van der Waals surface area contributed by atoms with Crippen molar-refractivity contribution in [2.45, 2.75) is 198 Å². The van der Waals surface area contributed by atoms with Crippen molar-refractivity contribution in [3.05, 3.63) is 0 Å². The molecule has 0 saturated carbocycles. The van der Waals surface area contributed by atoms with Gasteiger partial charge < -0.3 is 97.4 Å². The summed E-state index contributed by atoms with van der Waals surface area (Å²) in [6.07, 6.45) is 1.91. The van der Waals surface area contributed by atoms with Crippen LogP contribution in [0.4, 0.5) is 0 Å². The highest BCUT2D eigenvalue weighted by Crippen LogP contribution is 2.12. The third-order valence-corrected chi connectivity index (χ3v) is 12.9. The molecule has 1 rings (SSSR count). The van der Waals surface area contributed by atoms with Crippen molar-refractivity contribution >= 4 is 65.0 Å². The second kappa shape index (κ2) is 39.3. The Kier molecular flexibility index (Phi) is 35.3. The van der Waals surface area contributed by atoms with E-state index in [1.54, 1.807) is 27.7 Å². The lowest BCUT2D eigenvalue weighted by molar-refractivity contribution is -0.137. The highest BCUT2D eigenvalue weighted by molar-refractivity contribution is 5.99. The first kappa shape index (κ1) is 71.9. The Bertz CT molecular complexity index is 2000. The number of amides is 11. The van der Waals surface area contributed by atoms with E-state index >= 15 is 0 Å². The number of rotatable bonds is 29. The molecule has 1 heterocycles. The van der Waals surface area contributed by atoms with Crippen LogP contribution in [0.1, 0.15) is 131 Å². The maximum Gasteiger partial charge on any atom is 0.245 e. The molecule has 29 heteroatoms. The quantitative estimate of drug-likeness (QED) is 0.0310. The van der Waals surface area contributed by atoms with Crippen LogP contribution in [0.25, 0.3) is 0 Å². The highest BCUT2D eigenvalue weighted by atomic mass is 16.3. The number of hydrogen-bond acceptors (Lipinski definition) is 18. The summed E-state index contributed by atoms with van der Waals surface area (Å²) in [6, 6.07) is -14.4. The normalized spacial score (nSPS) is 22.9. The molecule has 0 radical (unpaired) electrons. The maximum atomic E-state index is 14.4. The number of nitrogens with two attached hydrogens (primary N) is 5. The van der Waals surface area contributed by atoms with Gasteiger partial charge >= 0.3 is 0 Å². The molecular formula is C51H96N16O13. The molecule has 0 aliphatic carbocycles. The van der Waals surface area contributed by atoms with Gasteiger partial charge in [0.05, 0.1) is 12.7 Å². The van der Waals surface area contributed by atoms with E-state index in [0.717, 1.165) is 25.7 Å². The molecular weight excluding hydrogens is 1040 g/mol. The van der Waals surface area contributed by atoms with E-state index in [4.69, 9.17) is 28.7 Å². The monoisotopic (exact) mass is 1140 g/mol. The molecule has 0 aromatic carbocycles. The lowest BCUT2D eigenvalue weighted by atomic mass is 9.99. The molecule has 0 aromatic heterocycles. The largest absolute Gasteiger partial charge is 0.394 e. The fourth-order valence-electron chi connectivity index (χ4n) is 8.49. The number of aliphatic hydroxyl groups excluding tert-OH is 2. The number of hydrogen-bond donors (Lipinski definition) is 18. The molecule has 80 heavy (non-hydrogen) atoms. The fourth-order valence-corrected chi connectivity index (χ4v) is 8.49. The van der Waals surface area contributed by atoms with Crippen LogP contribution in [-0.2, 0) is 52.7 Å². The zero-order valence-corrected chi connectivity index (χ0v) is 47.6. The van der Waals surface area contributed by atoms with Crippen molar-refractivity contribution in [3.8, 4) is 0 Å². The Balaban J connectivity index is 3.78. The first-order chi connectivity index (χ1) is 37.9. The molecule has 0 aromatic rings. The van der Waals surface area contributed by atoms with Gasteiger partial charge in [0.15, 0.2) is 0 Å². The van der Waals surface area contributed by atoms with E-state index < -0.39 is 151 Å². The topological polar surface area (TPSA) is 491 Å². The van der Waals surface area contributed by atoms with Crippen LogP contribution in [0, 0.1) is 11.8 Å². The Hall–Kier alpha value is -6.11. The van der Waals surface area contributed by atoms with E-state index in [-0.39, 0.29) is 95.9 Å². The summed E-state index contributed by atoms with van der Waals surface area (Å²) < 4.78 is 0. The summed E-state index contributed by atoms with van der Waals surface area (Å²) in [5.74, 6) is -9.96. The second-order valence-electron chi connectivity index (χ2n) is 20.9. The van der Waals surface area contributed by atoms with Crippen LogP contribution in [0.15, 0.2) is 0 Å². The molecule has 0 bridgehead atoms. The average molecular weight is 1140 g/mol. The smallest absolute Gasteiger partial charge is 0.245 e. The van der Waals surface area contributed by atoms with Gasteiger partial charge in [0, 0.05) is 13.0 Å². The predicted molar refractivity (Wildman–Crippen MR) is 296 cm³/mol. The van der Waals surface area contributed by atoms with Crippen molar-refractivity contribution in [3.63, 3.8) is 0 Å². The van der Waals surface area contributed by atoms with Crippen molar-refractivity contribution in [2.75, 3.05) is 45.9 Å². The van der Waals surface area contributed by atoms with Crippen LogP contribution in [0.5, 0.6) is 0 Å². The highest BCUT2D eigenvalue weighted by Gasteiger charge is 2.37. The van der Waals surface area contributed by atoms with Crippen LogP contribution >= 0.6 is 0 Å². The molecule has 0 unspecified atom stereocenters. The number of carbonyl (C=O) groups is 11. The van der Waals surface area contributed by atoms with Gasteiger partial charge in [0.25, 0.3) is 0 Å². The SMILES string of the molecule is CCCCCCCC(=O)N[C@@H](CCN)C(=O)N[C@H](C(=O)N[C@@H](CCN)C(=O)N[C@H]1CCNC(=O)[C@H](CO)NC(=O)[C@H](CCN)NC(=O)[C@H](CCN)NC(=O)[C@H](CC(C)C)NC(=O)[C@@H](CC(C)C)NC(=O)[C@H](CCN)NC1=O)[C@@H](C)O. The van der Waals surface area contributed by atoms with E-state index in [0.29, 0.717) is 6.42 Å². The molecule has 1 aliphatic rings. The van der Waals surface area contributed by atoms with Crippen LogP contribution in [-0.4, -0.2) is 188 Å². The van der Waals surface area contributed by atoms with Gasteiger partial charge in [-0.15, -0.1) is 0 Å². The van der Waals surface area contributed by atoms with Gasteiger partial charge in [-0.3, -0.25) is 52.7 Å². The summed E-state index contributed by atoms with van der Waals surface area (Å²) in [6.45, 7) is 8.37. The predicted octanol–water partition coefficient (Wildman–Crippen LogP) is -6.08. The summed E-state index contributed by atoms with van der Waals surface area (Å²) in [5, 5.41) is 48.8. The minimum absolute atomic E-state index is 0.00915. The zero-order chi connectivity index (χ0) is 60.5. The molecule has 11 amide bonds. The number of nitrogens with one attached hydrogen (secondary N) is 11. The van der Waals surface area contributed by atoms with Crippen molar-refractivity contribution in [1.82, 2.24) is 58.5 Å². The fraction of sp³-hybridized carbons (Fsp3) is 0.784. The van der Waals surface area contributed by atoms with E-state index in [1.165, 1.54) is 6.92 Å². The molecule has 23 N–H and O–H groups in total. The van der Waals surface area contributed by atoms with Gasteiger partial charge in [-0.05, 0) is 109 Å². The molecule has 1 aliphatic heterocycles. The second-order valence-corrected chi connectivity index (χ2v) is 20.9. The van der Waals surface area contributed by atoms with Crippen LogP contribution in [0.2, 0.25) is 0 Å². The zero-order valence-electron chi connectivity index (χ0n) is 47.6. The van der Waals surface area contributed by atoms with E-state index in [2.05, 4.69) is 65.4 Å². The third-order valence-electron chi connectivity index (χ3n) is 12.9. The molecule has 29 nitrogen and oxygen atoms in total. The van der Waals surface area contributed by atoms with Crippen molar-refractivity contribution in [1.29, 1.82) is 0 Å². The number of carbonyl (C=O) groups excluding carboxylic acids is 11. The van der Waals surface area contributed by atoms with Gasteiger partial charge in [-0.25, -0.2) is 0 Å². The first-order valence-electron chi connectivity index (χ1n) is 28.0. The van der Waals surface area contributed by atoms with Crippen molar-refractivity contribution < 1.29 is 63.0 Å². The minimum atomic E-state index is -1.69. The summed E-state index contributed by atoms with van der Waals surface area (Å²) in [7, 11) is 0. The average Bonchev–Trinajstić information content (AvgIpc) is 3.39. The summed E-state index contributed by atoms with van der Waals surface area (Å²) in [5.41, 5.74) is 29.1. The van der Waals surface area contributed by atoms with Gasteiger partial charge in [0.1, 0.15) is 60.4 Å². The molecule has 1 saturated heterocycles. The van der Waals surface area contributed by atoms with Gasteiger partial charge in [0.2, 0.25) is 65.0 Å². The van der Waals surface area contributed by atoms with Crippen LogP contribution < -0.4 is 87.2 Å². The molecule has 1 fully saturated rings. The number of aliphatic hydroxyl groups is 2. The summed E-state index contributed by atoms with van der Waals surface area (Å²) in [4.78, 5) is 152. The van der Waals surface area contributed by atoms with Crippen molar-refractivity contribution in [2.24, 2.45) is 40.5 Å². The molecule has 11 atom stereocenters. The summed E-state index contributed by atoms with van der Waals surface area (Å²) >= 11 is 0. The lowest BCUT2D eigenvalue weighted by Crippen LogP contribution is -2.62.